The van der Waals surface area contributed by atoms with Gasteiger partial charge < -0.3 is 19.2 Å². The van der Waals surface area contributed by atoms with E-state index in [1.54, 1.807) is 23.4 Å². The smallest absolute Gasteiger partial charge is 0.289 e. The molecule has 0 spiro atoms. The molecule has 156 valence electrons. The van der Waals surface area contributed by atoms with Crippen molar-refractivity contribution in [3.63, 3.8) is 0 Å². The Balaban J connectivity index is 1.38. The van der Waals surface area contributed by atoms with E-state index in [-0.39, 0.29) is 17.6 Å². The van der Waals surface area contributed by atoms with Crippen molar-refractivity contribution in [3.8, 4) is 5.75 Å². The number of hydrogen-bond donors (Lipinski definition) is 1. The van der Waals surface area contributed by atoms with Crippen LogP contribution >= 0.6 is 0 Å². The highest BCUT2D eigenvalue weighted by molar-refractivity contribution is 5.92. The standard InChI is InChI=1S/C24H26N2O4/c1-16-3-5-21(6-4-16)29-15-20-12-23(30-17(20)2)24(28)26-13-19(22(27)14-26)11-18-7-9-25-10-8-18/h3-10,12,19,22,27H,11,13-15H2,1-2H3/t19-,22+/m1/s1. The Morgan fingerprint density at radius 1 is 1.17 bits per heavy atom. The third-order valence-corrected chi connectivity index (χ3v) is 5.59. The number of amides is 1. The zero-order chi connectivity index (χ0) is 21.1. The van der Waals surface area contributed by atoms with Crippen LogP contribution in [-0.2, 0) is 13.0 Å². The largest absolute Gasteiger partial charge is 0.489 e. The minimum atomic E-state index is -0.553. The second kappa shape index (κ2) is 8.71. The molecule has 1 aliphatic rings. The summed E-state index contributed by atoms with van der Waals surface area (Å²) in [4.78, 5) is 18.6. The number of aromatic nitrogens is 1. The van der Waals surface area contributed by atoms with Gasteiger partial charge in [0.1, 0.15) is 18.1 Å². The molecular weight excluding hydrogens is 380 g/mol. The average molecular weight is 406 g/mol. The summed E-state index contributed by atoms with van der Waals surface area (Å²) in [5.74, 6) is 1.52. The molecule has 0 unspecified atom stereocenters. The van der Waals surface area contributed by atoms with Crippen molar-refractivity contribution < 1.29 is 19.1 Å². The normalized spacial score (nSPS) is 18.6. The van der Waals surface area contributed by atoms with Crippen LogP contribution in [-0.4, -0.2) is 40.1 Å². The quantitative estimate of drug-likeness (QED) is 0.678. The molecule has 1 amide bonds. The first kappa shape index (κ1) is 20.2. The van der Waals surface area contributed by atoms with Crippen molar-refractivity contribution >= 4 is 5.91 Å². The lowest BCUT2D eigenvalue weighted by Gasteiger charge is -2.14. The van der Waals surface area contributed by atoms with E-state index in [1.807, 2.05) is 50.2 Å². The molecule has 1 saturated heterocycles. The highest BCUT2D eigenvalue weighted by Gasteiger charge is 2.35. The fourth-order valence-corrected chi connectivity index (χ4v) is 3.76. The summed E-state index contributed by atoms with van der Waals surface area (Å²) < 4.78 is 11.5. The average Bonchev–Trinajstić information content (AvgIpc) is 3.30. The van der Waals surface area contributed by atoms with E-state index in [1.165, 1.54) is 5.56 Å². The van der Waals surface area contributed by atoms with Crippen molar-refractivity contribution in [1.82, 2.24) is 9.88 Å². The molecule has 0 bridgehead atoms. The van der Waals surface area contributed by atoms with Gasteiger partial charge in [-0.1, -0.05) is 17.7 Å². The molecule has 1 fully saturated rings. The summed E-state index contributed by atoms with van der Waals surface area (Å²) in [6.07, 6.45) is 3.64. The summed E-state index contributed by atoms with van der Waals surface area (Å²) >= 11 is 0. The molecule has 1 aliphatic heterocycles. The Kier molecular flexibility index (Phi) is 5.86. The van der Waals surface area contributed by atoms with Crippen molar-refractivity contribution in [2.45, 2.75) is 33.0 Å². The van der Waals surface area contributed by atoms with E-state index in [4.69, 9.17) is 9.15 Å². The summed E-state index contributed by atoms with van der Waals surface area (Å²) in [7, 11) is 0. The van der Waals surface area contributed by atoms with Gasteiger partial charge in [-0.25, -0.2) is 0 Å². The van der Waals surface area contributed by atoms with Gasteiger partial charge in [0.2, 0.25) is 0 Å². The number of β-amino-alcohol motifs (C(OH)–C–C–N with tert-alkyl or cyclic N) is 1. The molecule has 1 N–H and O–H groups in total. The number of nitrogens with zero attached hydrogens (tertiary/aromatic N) is 2. The van der Waals surface area contributed by atoms with Crippen LogP contribution in [0.3, 0.4) is 0 Å². The lowest BCUT2D eigenvalue weighted by atomic mass is 9.97. The third-order valence-electron chi connectivity index (χ3n) is 5.59. The van der Waals surface area contributed by atoms with Crippen molar-refractivity contribution in [2.75, 3.05) is 13.1 Å². The maximum atomic E-state index is 12.9. The first-order valence-corrected chi connectivity index (χ1v) is 10.1. The van der Waals surface area contributed by atoms with Gasteiger partial charge in [0.05, 0.1) is 6.10 Å². The van der Waals surface area contributed by atoms with Crippen LogP contribution in [0.5, 0.6) is 5.75 Å². The van der Waals surface area contributed by atoms with E-state index in [0.29, 0.717) is 31.9 Å². The third kappa shape index (κ3) is 4.54. The molecule has 0 saturated carbocycles. The van der Waals surface area contributed by atoms with Crippen LogP contribution in [0.4, 0.5) is 0 Å². The summed E-state index contributed by atoms with van der Waals surface area (Å²) in [5, 5.41) is 10.4. The number of rotatable bonds is 6. The minimum Gasteiger partial charge on any atom is -0.489 e. The van der Waals surface area contributed by atoms with Crippen molar-refractivity contribution in [1.29, 1.82) is 0 Å². The molecule has 3 heterocycles. The van der Waals surface area contributed by atoms with Crippen molar-refractivity contribution in [2.24, 2.45) is 5.92 Å². The van der Waals surface area contributed by atoms with Gasteiger partial charge in [0.25, 0.3) is 5.91 Å². The van der Waals surface area contributed by atoms with E-state index in [2.05, 4.69) is 4.98 Å². The predicted octanol–water partition coefficient (Wildman–Crippen LogP) is 3.55. The molecule has 2 atom stereocenters. The van der Waals surface area contributed by atoms with Crippen LogP contribution in [0.2, 0.25) is 0 Å². The summed E-state index contributed by atoms with van der Waals surface area (Å²) in [5.41, 5.74) is 3.12. The maximum absolute atomic E-state index is 12.9. The highest BCUT2D eigenvalue weighted by Crippen LogP contribution is 2.25. The number of aliphatic hydroxyl groups excluding tert-OH is 1. The van der Waals surface area contributed by atoms with Crippen LogP contribution in [0, 0.1) is 19.8 Å². The molecule has 30 heavy (non-hydrogen) atoms. The zero-order valence-electron chi connectivity index (χ0n) is 17.2. The fraction of sp³-hybridized carbons (Fsp3) is 0.333. The first-order chi connectivity index (χ1) is 14.5. The zero-order valence-corrected chi connectivity index (χ0v) is 17.2. The van der Waals surface area contributed by atoms with Gasteiger partial charge in [-0.3, -0.25) is 9.78 Å². The van der Waals surface area contributed by atoms with Gasteiger partial charge in [-0.15, -0.1) is 0 Å². The molecule has 4 rings (SSSR count). The van der Waals surface area contributed by atoms with E-state index in [0.717, 1.165) is 16.9 Å². The number of pyridine rings is 1. The lowest BCUT2D eigenvalue weighted by molar-refractivity contribution is 0.0732. The fourth-order valence-electron chi connectivity index (χ4n) is 3.76. The Morgan fingerprint density at radius 3 is 2.63 bits per heavy atom. The monoisotopic (exact) mass is 406 g/mol. The molecular formula is C24H26N2O4. The number of carbonyl (C=O) groups is 1. The Bertz CT molecular complexity index is 998. The molecule has 0 radical (unpaired) electrons. The molecule has 0 aliphatic carbocycles. The summed E-state index contributed by atoms with van der Waals surface area (Å²) in [6, 6.07) is 13.5. The number of ether oxygens (including phenoxy) is 1. The second-order valence-electron chi connectivity index (χ2n) is 7.89. The predicted molar refractivity (Wildman–Crippen MR) is 112 cm³/mol. The van der Waals surface area contributed by atoms with Crippen LogP contribution < -0.4 is 4.74 Å². The Labute approximate surface area is 176 Å². The van der Waals surface area contributed by atoms with Gasteiger partial charge in [-0.2, -0.15) is 0 Å². The molecule has 3 aromatic rings. The van der Waals surface area contributed by atoms with E-state index in [9.17, 15) is 9.90 Å². The number of aliphatic hydroxyl groups is 1. The first-order valence-electron chi connectivity index (χ1n) is 10.1. The molecule has 6 heteroatoms. The van der Waals surface area contributed by atoms with Crippen LogP contribution in [0.15, 0.2) is 59.3 Å². The number of hydrogen-bond acceptors (Lipinski definition) is 5. The van der Waals surface area contributed by atoms with Crippen molar-refractivity contribution in [3.05, 3.63) is 83.1 Å². The molecule has 6 nitrogen and oxygen atoms in total. The maximum Gasteiger partial charge on any atom is 0.289 e. The van der Waals surface area contributed by atoms with Gasteiger partial charge in [0.15, 0.2) is 5.76 Å². The molecule has 1 aromatic carbocycles. The van der Waals surface area contributed by atoms with Crippen LogP contribution in [0.25, 0.3) is 0 Å². The molecule has 2 aromatic heterocycles. The Hall–Kier alpha value is -3.12. The Morgan fingerprint density at radius 2 is 1.90 bits per heavy atom. The summed E-state index contributed by atoms with van der Waals surface area (Å²) in [6.45, 7) is 4.99. The van der Waals surface area contributed by atoms with Crippen LogP contribution in [0.1, 0.15) is 33.0 Å². The van der Waals surface area contributed by atoms with E-state index < -0.39 is 6.10 Å². The minimum absolute atomic E-state index is 0.00301. The number of carbonyl (C=O) groups excluding carboxylic acids is 1. The van der Waals surface area contributed by atoms with Gasteiger partial charge in [-0.05, 0) is 56.2 Å². The highest BCUT2D eigenvalue weighted by atomic mass is 16.5. The van der Waals surface area contributed by atoms with Gasteiger partial charge >= 0.3 is 0 Å². The number of benzene rings is 1. The lowest BCUT2D eigenvalue weighted by Crippen LogP contribution is -2.29. The number of aryl methyl sites for hydroxylation is 2. The SMILES string of the molecule is Cc1ccc(OCc2cc(C(=O)N3C[C@@H](Cc4ccncc4)[C@@H](O)C3)oc2C)cc1. The number of likely N-dealkylation sites (tertiary alicyclic amines) is 1. The topological polar surface area (TPSA) is 75.8 Å². The number of furan rings is 1. The van der Waals surface area contributed by atoms with E-state index >= 15 is 0 Å². The second-order valence-corrected chi connectivity index (χ2v) is 7.89. The van der Waals surface area contributed by atoms with Gasteiger partial charge in [0, 0.05) is 37.0 Å².